The van der Waals surface area contributed by atoms with Crippen LogP contribution in [-0.4, -0.2) is 32.5 Å². The molecule has 3 rings (SSSR count). The van der Waals surface area contributed by atoms with Gasteiger partial charge in [0.15, 0.2) is 11.5 Å². The molecule has 16 heavy (non-hydrogen) atoms. The van der Waals surface area contributed by atoms with Crippen LogP contribution >= 0.6 is 0 Å². The molecular formula is C10H14N6. The Hall–Kier alpha value is -1.85. The summed E-state index contributed by atoms with van der Waals surface area (Å²) in [5.41, 5.74) is 7.21. The number of H-pyrrole nitrogens is 1. The minimum Gasteiger partial charge on any atom is -0.368 e. The largest absolute Gasteiger partial charge is 0.368 e. The average Bonchev–Trinajstić information content (AvgIpc) is 2.97. The fourth-order valence-electron chi connectivity index (χ4n) is 2.01. The topological polar surface area (TPSA) is 83.7 Å². The Morgan fingerprint density at radius 1 is 1.50 bits per heavy atom. The predicted molar refractivity (Wildman–Crippen MR) is 62.1 cm³/mol. The highest BCUT2D eigenvalue weighted by molar-refractivity contribution is 5.84. The first-order valence-corrected chi connectivity index (χ1v) is 5.53. The normalized spacial score (nSPS) is 15.6. The van der Waals surface area contributed by atoms with Crippen molar-refractivity contribution in [1.29, 1.82) is 0 Å². The maximum absolute atomic E-state index is 5.69. The van der Waals surface area contributed by atoms with Crippen molar-refractivity contribution in [2.45, 2.75) is 25.8 Å². The van der Waals surface area contributed by atoms with E-state index in [9.17, 15) is 0 Å². The third-order valence-electron chi connectivity index (χ3n) is 2.88. The molecule has 0 bridgehead atoms. The number of rotatable bonds is 3. The number of nitrogen functional groups attached to an aromatic ring is 1. The van der Waals surface area contributed by atoms with E-state index in [1.54, 1.807) is 6.33 Å². The van der Waals surface area contributed by atoms with E-state index in [0.29, 0.717) is 11.7 Å². The highest BCUT2D eigenvalue weighted by atomic mass is 15.3. The molecule has 2 heterocycles. The van der Waals surface area contributed by atoms with Gasteiger partial charge in [-0.05, 0) is 19.8 Å². The summed E-state index contributed by atoms with van der Waals surface area (Å²) in [7, 11) is 0. The first kappa shape index (κ1) is 9.38. The first-order chi connectivity index (χ1) is 7.79. The monoisotopic (exact) mass is 218 g/mol. The van der Waals surface area contributed by atoms with Crippen molar-refractivity contribution < 1.29 is 0 Å². The summed E-state index contributed by atoms with van der Waals surface area (Å²) in [5, 5.41) is 0. The van der Waals surface area contributed by atoms with Gasteiger partial charge >= 0.3 is 0 Å². The van der Waals surface area contributed by atoms with E-state index in [1.807, 2.05) is 0 Å². The molecule has 6 heteroatoms. The molecule has 3 N–H and O–H groups in total. The molecule has 6 nitrogen and oxygen atoms in total. The lowest BCUT2D eigenvalue weighted by Gasteiger charge is -2.21. The van der Waals surface area contributed by atoms with Crippen molar-refractivity contribution in [3.8, 4) is 0 Å². The number of hydrogen-bond donors (Lipinski definition) is 2. The fraction of sp³-hybridized carbons (Fsp3) is 0.500. The number of hydrogen-bond acceptors (Lipinski definition) is 5. The second-order valence-electron chi connectivity index (χ2n) is 4.02. The minimum absolute atomic E-state index is 0.286. The van der Waals surface area contributed by atoms with E-state index >= 15 is 0 Å². The zero-order valence-electron chi connectivity index (χ0n) is 9.14. The van der Waals surface area contributed by atoms with Gasteiger partial charge in [0.1, 0.15) is 5.52 Å². The SMILES string of the molecule is CCN(c1nc(N)nc2nc[nH]c12)C1CC1. The van der Waals surface area contributed by atoms with Gasteiger partial charge in [0.25, 0.3) is 0 Å². The number of aromatic nitrogens is 4. The summed E-state index contributed by atoms with van der Waals surface area (Å²) >= 11 is 0. The predicted octanol–water partition coefficient (Wildman–Crippen LogP) is 0.924. The Balaban J connectivity index is 2.15. The number of nitrogens with one attached hydrogen (secondary N) is 1. The van der Waals surface area contributed by atoms with Gasteiger partial charge < -0.3 is 15.6 Å². The average molecular weight is 218 g/mol. The molecule has 1 aliphatic carbocycles. The second-order valence-corrected chi connectivity index (χ2v) is 4.02. The number of aromatic amines is 1. The lowest BCUT2D eigenvalue weighted by molar-refractivity contribution is 0.811. The molecule has 0 aromatic carbocycles. The maximum Gasteiger partial charge on any atom is 0.224 e. The van der Waals surface area contributed by atoms with Gasteiger partial charge in [0, 0.05) is 12.6 Å². The van der Waals surface area contributed by atoms with E-state index in [2.05, 4.69) is 31.8 Å². The zero-order valence-corrected chi connectivity index (χ0v) is 9.14. The van der Waals surface area contributed by atoms with Gasteiger partial charge in [0.05, 0.1) is 6.33 Å². The molecule has 0 saturated heterocycles. The third kappa shape index (κ3) is 1.37. The van der Waals surface area contributed by atoms with Gasteiger partial charge in [-0.2, -0.15) is 9.97 Å². The van der Waals surface area contributed by atoms with Crippen molar-refractivity contribution in [2.24, 2.45) is 0 Å². The maximum atomic E-state index is 5.69. The summed E-state index contributed by atoms with van der Waals surface area (Å²) in [6.45, 7) is 3.05. The molecule has 0 spiro atoms. The second kappa shape index (κ2) is 3.33. The van der Waals surface area contributed by atoms with Crippen molar-refractivity contribution in [2.75, 3.05) is 17.2 Å². The van der Waals surface area contributed by atoms with Crippen LogP contribution in [0.15, 0.2) is 6.33 Å². The van der Waals surface area contributed by atoms with E-state index in [1.165, 1.54) is 12.8 Å². The van der Waals surface area contributed by atoms with Crippen LogP contribution in [0.3, 0.4) is 0 Å². The van der Waals surface area contributed by atoms with E-state index < -0.39 is 0 Å². The number of nitrogens with two attached hydrogens (primary N) is 1. The van der Waals surface area contributed by atoms with Crippen LogP contribution in [0.25, 0.3) is 11.2 Å². The molecule has 1 aliphatic rings. The molecule has 0 amide bonds. The molecule has 2 aromatic heterocycles. The van der Waals surface area contributed by atoms with Crippen LogP contribution in [0, 0.1) is 0 Å². The summed E-state index contributed by atoms with van der Waals surface area (Å²) in [5.74, 6) is 1.17. The molecule has 0 radical (unpaired) electrons. The van der Waals surface area contributed by atoms with Gasteiger partial charge in [0.2, 0.25) is 5.95 Å². The van der Waals surface area contributed by atoms with Gasteiger partial charge in [-0.1, -0.05) is 0 Å². The van der Waals surface area contributed by atoms with Crippen molar-refractivity contribution in [3.05, 3.63) is 6.33 Å². The van der Waals surface area contributed by atoms with Crippen LogP contribution in [-0.2, 0) is 0 Å². The molecular weight excluding hydrogens is 204 g/mol. The molecule has 84 valence electrons. The molecule has 0 unspecified atom stereocenters. The minimum atomic E-state index is 0.286. The molecule has 1 saturated carbocycles. The molecule has 0 aliphatic heterocycles. The molecule has 2 aromatic rings. The summed E-state index contributed by atoms with van der Waals surface area (Å²) in [4.78, 5) is 17.9. The Kier molecular flexibility index (Phi) is 1.95. The quantitative estimate of drug-likeness (QED) is 0.800. The zero-order chi connectivity index (χ0) is 11.1. The lowest BCUT2D eigenvalue weighted by Crippen LogP contribution is -2.26. The fourth-order valence-corrected chi connectivity index (χ4v) is 2.01. The Bertz CT molecular complexity index is 515. The number of fused-ring (bicyclic) bond motifs is 1. The van der Waals surface area contributed by atoms with Crippen molar-refractivity contribution in [1.82, 2.24) is 19.9 Å². The van der Waals surface area contributed by atoms with Crippen LogP contribution in [0.1, 0.15) is 19.8 Å². The third-order valence-corrected chi connectivity index (χ3v) is 2.88. The first-order valence-electron chi connectivity index (χ1n) is 5.53. The number of anilines is 2. The van der Waals surface area contributed by atoms with Crippen LogP contribution in [0.4, 0.5) is 11.8 Å². The highest BCUT2D eigenvalue weighted by Crippen LogP contribution is 2.33. The van der Waals surface area contributed by atoms with Crippen molar-refractivity contribution >= 4 is 22.9 Å². The summed E-state index contributed by atoms with van der Waals surface area (Å²) in [6, 6.07) is 0.603. The Labute approximate surface area is 92.9 Å². The van der Waals surface area contributed by atoms with Gasteiger partial charge in [-0.25, -0.2) is 4.98 Å². The van der Waals surface area contributed by atoms with Gasteiger partial charge in [-0.15, -0.1) is 0 Å². The van der Waals surface area contributed by atoms with Gasteiger partial charge in [-0.3, -0.25) is 0 Å². The van der Waals surface area contributed by atoms with Crippen molar-refractivity contribution in [3.63, 3.8) is 0 Å². The number of imidazole rings is 1. The Morgan fingerprint density at radius 3 is 3.00 bits per heavy atom. The van der Waals surface area contributed by atoms with E-state index in [0.717, 1.165) is 17.9 Å². The van der Waals surface area contributed by atoms with Crippen LogP contribution < -0.4 is 10.6 Å². The van der Waals surface area contributed by atoms with E-state index in [4.69, 9.17) is 5.73 Å². The summed E-state index contributed by atoms with van der Waals surface area (Å²) < 4.78 is 0. The lowest BCUT2D eigenvalue weighted by atomic mass is 10.4. The summed E-state index contributed by atoms with van der Waals surface area (Å²) in [6.07, 6.45) is 4.09. The number of nitrogens with zero attached hydrogens (tertiary/aromatic N) is 4. The smallest absolute Gasteiger partial charge is 0.224 e. The van der Waals surface area contributed by atoms with Crippen LogP contribution in [0.2, 0.25) is 0 Å². The van der Waals surface area contributed by atoms with E-state index in [-0.39, 0.29) is 5.95 Å². The molecule has 1 fully saturated rings. The highest BCUT2D eigenvalue weighted by Gasteiger charge is 2.30. The standard InChI is InChI=1S/C10H14N6/c1-2-16(6-3-4-6)9-7-8(13-5-12-7)14-10(11)15-9/h5-6H,2-4H2,1H3,(H3,11,12,13,14,15). The molecule has 0 atom stereocenters. The van der Waals surface area contributed by atoms with Crippen LogP contribution in [0.5, 0.6) is 0 Å². The Morgan fingerprint density at radius 2 is 2.31 bits per heavy atom.